The van der Waals surface area contributed by atoms with Gasteiger partial charge in [0.15, 0.2) is 6.61 Å². The molecule has 0 atom stereocenters. The Balaban J connectivity index is 1.91. The van der Waals surface area contributed by atoms with Gasteiger partial charge in [-0.05, 0) is 37.3 Å². The molecule has 0 aliphatic rings. The second kappa shape index (κ2) is 7.63. The summed E-state index contributed by atoms with van der Waals surface area (Å²) in [6.45, 7) is 1.64. The van der Waals surface area contributed by atoms with Crippen molar-refractivity contribution in [3.8, 4) is 5.75 Å². The lowest BCUT2D eigenvalue weighted by Gasteiger charge is -2.16. The van der Waals surface area contributed by atoms with Crippen molar-refractivity contribution in [3.63, 3.8) is 0 Å². The number of nitrogens with zero attached hydrogens (tertiary/aromatic N) is 1. The Kier molecular flexibility index (Phi) is 5.57. The number of rotatable bonds is 6. The molecule has 0 saturated carbocycles. The number of hydrogen-bond donors (Lipinski definition) is 0. The van der Waals surface area contributed by atoms with E-state index in [1.807, 2.05) is 0 Å². The minimum absolute atomic E-state index is 0.184. The number of benzene rings is 1. The number of aryl methyl sites for hydroxylation is 1. The maximum absolute atomic E-state index is 12.8. The maximum Gasteiger partial charge on any atom is 0.341 e. The van der Waals surface area contributed by atoms with Crippen LogP contribution in [0, 0.1) is 12.7 Å². The van der Waals surface area contributed by atoms with E-state index >= 15 is 0 Å². The number of amides is 1. The molecule has 0 aliphatic heterocycles. The molecule has 0 saturated heterocycles. The van der Waals surface area contributed by atoms with Gasteiger partial charge in [0.1, 0.15) is 28.7 Å². The summed E-state index contributed by atoms with van der Waals surface area (Å²) in [6, 6.07) is 6.95. The van der Waals surface area contributed by atoms with Crippen LogP contribution < -0.4 is 4.74 Å². The smallest absolute Gasteiger partial charge is 0.341 e. The zero-order valence-electron chi connectivity index (χ0n) is 13.7. The molecule has 6 nitrogen and oxygen atoms in total. The standard InChI is InChI=1S/C17H18FNO5/c1-11-15(17(21)22-3)8-14(24-11)9-19(2)16(20)10-23-13-6-4-12(18)5-7-13/h4-8H,9-10H2,1-3H3. The van der Waals surface area contributed by atoms with Gasteiger partial charge >= 0.3 is 5.97 Å². The van der Waals surface area contributed by atoms with Gasteiger partial charge in [0.05, 0.1) is 13.7 Å². The summed E-state index contributed by atoms with van der Waals surface area (Å²) in [5.41, 5.74) is 0.330. The third-order valence-corrected chi connectivity index (χ3v) is 3.37. The Morgan fingerprint density at radius 2 is 1.92 bits per heavy atom. The third-order valence-electron chi connectivity index (χ3n) is 3.37. The molecule has 0 fully saturated rings. The molecular weight excluding hydrogens is 317 g/mol. The first kappa shape index (κ1) is 17.5. The number of esters is 1. The highest BCUT2D eigenvalue weighted by atomic mass is 19.1. The lowest BCUT2D eigenvalue weighted by atomic mass is 10.2. The molecule has 1 heterocycles. The average Bonchev–Trinajstić information content (AvgIpc) is 2.93. The Hall–Kier alpha value is -2.83. The molecule has 1 aromatic carbocycles. The summed E-state index contributed by atoms with van der Waals surface area (Å²) in [4.78, 5) is 25.0. The number of carbonyl (C=O) groups excluding carboxylic acids is 2. The lowest BCUT2D eigenvalue weighted by Crippen LogP contribution is -2.30. The summed E-state index contributed by atoms with van der Waals surface area (Å²) >= 11 is 0. The molecule has 24 heavy (non-hydrogen) atoms. The summed E-state index contributed by atoms with van der Waals surface area (Å²) < 4.78 is 28.2. The van der Waals surface area contributed by atoms with Crippen molar-refractivity contribution in [1.82, 2.24) is 4.90 Å². The molecule has 0 aliphatic carbocycles. The number of methoxy groups -OCH3 is 1. The number of halogens is 1. The first-order valence-corrected chi connectivity index (χ1v) is 7.20. The van der Waals surface area contributed by atoms with Gasteiger partial charge in [-0.15, -0.1) is 0 Å². The van der Waals surface area contributed by atoms with Crippen molar-refractivity contribution in [2.24, 2.45) is 0 Å². The molecule has 0 N–H and O–H groups in total. The van der Waals surface area contributed by atoms with E-state index in [4.69, 9.17) is 9.15 Å². The fraction of sp³-hybridized carbons (Fsp3) is 0.294. The fourth-order valence-corrected chi connectivity index (χ4v) is 2.04. The van der Waals surface area contributed by atoms with Gasteiger partial charge in [-0.2, -0.15) is 0 Å². The Labute approximate surface area is 138 Å². The maximum atomic E-state index is 12.8. The van der Waals surface area contributed by atoms with E-state index in [0.29, 0.717) is 22.8 Å². The SMILES string of the molecule is COC(=O)c1cc(CN(C)C(=O)COc2ccc(F)cc2)oc1C. The first-order valence-electron chi connectivity index (χ1n) is 7.20. The molecule has 0 unspecified atom stereocenters. The molecular formula is C17H18FNO5. The highest BCUT2D eigenvalue weighted by molar-refractivity contribution is 5.90. The van der Waals surface area contributed by atoms with Gasteiger partial charge in [-0.25, -0.2) is 9.18 Å². The molecule has 128 valence electrons. The molecule has 2 rings (SSSR count). The quantitative estimate of drug-likeness (QED) is 0.759. The normalized spacial score (nSPS) is 10.3. The lowest BCUT2D eigenvalue weighted by molar-refractivity contribution is -0.132. The molecule has 2 aromatic rings. The minimum Gasteiger partial charge on any atom is -0.484 e. The number of ether oxygens (including phenoxy) is 2. The van der Waals surface area contributed by atoms with Gasteiger partial charge in [-0.3, -0.25) is 4.79 Å². The van der Waals surface area contributed by atoms with E-state index < -0.39 is 5.97 Å². The molecule has 0 bridgehead atoms. The fourth-order valence-electron chi connectivity index (χ4n) is 2.04. The Morgan fingerprint density at radius 1 is 1.25 bits per heavy atom. The van der Waals surface area contributed by atoms with Crippen LogP contribution in [0.3, 0.4) is 0 Å². The van der Waals surface area contributed by atoms with Crippen LogP contribution in [-0.4, -0.2) is 37.5 Å². The van der Waals surface area contributed by atoms with Crippen molar-refractivity contribution >= 4 is 11.9 Å². The van der Waals surface area contributed by atoms with Gasteiger partial charge < -0.3 is 18.8 Å². The van der Waals surface area contributed by atoms with Crippen molar-refractivity contribution in [2.75, 3.05) is 20.8 Å². The van der Waals surface area contributed by atoms with Crippen LogP contribution in [0.25, 0.3) is 0 Å². The zero-order valence-corrected chi connectivity index (χ0v) is 13.7. The van der Waals surface area contributed by atoms with E-state index in [2.05, 4.69) is 4.74 Å². The molecule has 0 spiro atoms. The van der Waals surface area contributed by atoms with Gasteiger partial charge in [0, 0.05) is 7.05 Å². The highest BCUT2D eigenvalue weighted by Gasteiger charge is 2.18. The monoisotopic (exact) mass is 335 g/mol. The van der Waals surface area contributed by atoms with E-state index in [1.54, 1.807) is 20.0 Å². The first-order chi connectivity index (χ1) is 11.4. The van der Waals surface area contributed by atoms with Crippen LogP contribution in [0.5, 0.6) is 5.75 Å². The second-order valence-electron chi connectivity index (χ2n) is 5.17. The van der Waals surface area contributed by atoms with Gasteiger partial charge in [-0.1, -0.05) is 0 Å². The largest absolute Gasteiger partial charge is 0.484 e. The summed E-state index contributed by atoms with van der Waals surface area (Å²) in [5, 5.41) is 0. The van der Waals surface area contributed by atoms with Crippen molar-refractivity contribution in [3.05, 3.63) is 53.2 Å². The molecule has 1 aromatic heterocycles. The summed E-state index contributed by atoms with van der Waals surface area (Å²) in [5.74, 6) is 0.148. The average molecular weight is 335 g/mol. The van der Waals surface area contributed by atoms with E-state index in [-0.39, 0.29) is 24.9 Å². The van der Waals surface area contributed by atoms with Crippen LogP contribution >= 0.6 is 0 Å². The van der Waals surface area contributed by atoms with Crippen LogP contribution in [0.2, 0.25) is 0 Å². The number of carbonyl (C=O) groups is 2. The zero-order chi connectivity index (χ0) is 17.7. The number of hydrogen-bond acceptors (Lipinski definition) is 5. The van der Waals surface area contributed by atoms with Crippen LogP contribution in [-0.2, 0) is 16.1 Å². The second-order valence-corrected chi connectivity index (χ2v) is 5.17. The Morgan fingerprint density at radius 3 is 2.54 bits per heavy atom. The molecule has 7 heteroatoms. The molecule has 0 radical (unpaired) electrons. The van der Waals surface area contributed by atoms with Crippen LogP contribution in [0.1, 0.15) is 21.9 Å². The van der Waals surface area contributed by atoms with Gasteiger partial charge in [0.2, 0.25) is 0 Å². The predicted octanol–water partition coefficient (Wildman–Crippen LogP) is 2.55. The summed E-state index contributed by atoms with van der Waals surface area (Å²) in [7, 11) is 2.88. The van der Waals surface area contributed by atoms with Crippen LogP contribution in [0.15, 0.2) is 34.7 Å². The van der Waals surface area contributed by atoms with Crippen LogP contribution in [0.4, 0.5) is 4.39 Å². The minimum atomic E-state index is -0.490. The van der Waals surface area contributed by atoms with E-state index in [1.165, 1.54) is 36.3 Å². The third kappa shape index (κ3) is 4.34. The van der Waals surface area contributed by atoms with Crippen molar-refractivity contribution < 1.29 is 27.9 Å². The van der Waals surface area contributed by atoms with Gasteiger partial charge in [0.25, 0.3) is 5.91 Å². The Bertz CT molecular complexity index is 723. The topological polar surface area (TPSA) is 69.0 Å². The molecule has 1 amide bonds. The highest BCUT2D eigenvalue weighted by Crippen LogP contribution is 2.17. The predicted molar refractivity (Wildman–Crippen MR) is 83.2 cm³/mol. The van der Waals surface area contributed by atoms with Crippen molar-refractivity contribution in [2.45, 2.75) is 13.5 Å². The van der Waals surface area contributed by atoms with Crippen molar-refractivity contribution in [1.29, 1.82) is 0 Å². The van der Waals surface area contributed by atoms with E-state index in [0.717, 1.165) is 0 Å². The number of likely N-dealkylation sites (N-methyl/N-ethyl adjacent to an activating group) is 1. The number of furan rings is 1. The summed E-state index contributed by atoms with van der Waals surface area (Å²) in [6.07, 6.45) is 0. The van der Waals surface area contributed by atoms with E-state index in [9.17, 15) is 14.0 Å².